The highest BCUT2D eigenvalue weighted by Crippen LogP contribution is 2.36. The van der Waals surface area contributed by atoms with Crippen LogP contribution < -0.4 is 10.0 Å². The molecule has 1 saturated heterocycles. The Hall–Kier alpha value is -2.38. The van der Waals surface area contributed by atoms with Gasteiger partial charge >= 0.3 is 0 Å². The summed E-state index contributed by atoms with van der Waals surface area (Å²) in [5, 5.41) is 10.9. The second-order valence-electron chi connectivity index (χ2n) is 4.48. The molecule has 0 aliphatic carbocycles. The van der Waals surface area contributed by atoms with E-state index in [1.165, 1.54) is 28.8 Å². The van der Waals surface area contributed by atoms with Gasteiger partial charge in [0.05, 0.1) is 16.6 Å². The second-order valence-corrected chi connectivity index (χ2v) is 6.16. The zero-order chi connectivity index (χ0) is 15.7. The molecule has 7 heteroatoms. The number of thiocarbonyl (C=S) groups is 1. The van der Waals surface area contributed by atoms with E-state index in [1.807, 2.05) is 12.1 Å². The molecule has 1 fully saturated rings. The van der Waals surface area contributed by atoms with Gasteiger partial charge in [0.2, 0.25) is 0 Å². The lowest BCUT2D eigenvalue weighted by molar-refractivity contribution is -0.255. The molecule has 22 heavy (non-hydrogen) atoms. The molecular formula is C15H9N2O3S2-. The largest absolute Gasteiger partial charge is 0.545 e. The molecule has 5 nitrogen and oxygen atoms in total. The topological polar surface area (TPSA) is 76.2 Å². The van der Waals surface area contributed by atoms with Gasteiger partial charge in [0.15, 0.2) is 4.32 Å². The van der Waals surface area contributed by atoms with Crippen LogP contribution in [0.5, 0.6) is 0 Å². The van der Waals surface area contributed by atoms with Crippen LogP contribution in [0.3, 0.4) is 0 Å². The number of nitrogens with one attached hydrogen (secondary N) is 1. The van der Waals surface area contributed by atoms with Crippen molar-refractivity contribution in [3.8, 4) is 0 Å². The van der Waals surface area contributed by atoms with Crippen LogP contribution in [0.25, 0.3) is 6.08 Å². The first-order valence-corrected chi connectivity index (χ1v) is 7.51. The highest BCUT2D eigenvalue weighted by atomic mass is 32.2. The predicted octanol–water partition coefficient (Wildman–Crippen LogP) is 1.78. The molecule has 0 atom stereocenters. The summed E-state index contributed by atoms with van der Waals surface area (Å²) in [6.45, 7) is 0. The van der Waals surface area contributed by atoms with Crippen LogP contribution in [0.2, 0.25) is 0 Å². The molecule has 1 aromatic heterocycles. The molecule has 1 amide bonds. The third-order valence-corrected chi connectivity index (χ3v) is 4.34. The molecular weight excluding hydrogens is 320 g/mol. The van der Waals surface area contributed by atoms with Crippen LogP contribution in [0, 0.1) is 0 Å². The molecule has 0 unspecified atom stereocenters. The van der Waals surface area contributed by atoms with Crippen LogP contribution in [-0.2, 0) is 4.79 Å². The molecule has 1 N–H and O–H groups in total. The number of hydrogen-bond acceptors (Lipinski definition) is 5. The number of carboxylic acids is 1. The number of hydrogen-bond donors (Lipinski definition) is 1. The number of aromatic nitrogens is 1. The van der Waals surface area contributed by atoms with Gasteiger partial charge in [-0.1, -0.05) is 36.1 Å². The average molecular weight is 329 g/mol. The zero-order valence-corrected chi connectivity index (χ0v) is 12.7. The van der Waals surface area contributed by atoms with Crippen molar-refractivity contribution in [3.63, 3.8) is 0 Å². The van der Waals surface area contributed by atoms with E-state index in [4.69, 9.17) is 12.2 Å². The standard InChI is InChI=1S/C15H10N2O3S2/c18-13-12(8-10-4-2-6-16-10)22-15(21)17(13)11-5-1-3-9(7-11)14(19)20/h1-8,16H,(H,19,20)/p-1/b12-8-. The molecule has 0 radical (unpaired) electrons. The average Bonchev–Trinajstić information content (AvgIpc) is 3.08. The van der Waals surface area contributed by atoms with E-state index in [1.54, 1.807) is 24.4 Å². The van der Waals surface area contributed by atoms with Crippen LogP contribution >= 0.6 is 24.0 Å². The number of nitrogens with zero attached hydrogens (tertiary/aromatic N) is 1. The molecule has 2 heterocycles. The fraction of sp³-hybridized carbons (Fsp3) is 0. The van der Waals surface area contributed by atoms with Crippen molar-refractivity contribution >= 4 is 51.9 Å². The van der Waals surface area contributed by atoms with E-state index in [2.05, 4.69) is 4.98 Å². The van der Waals surface area contributed by atoms with E-state index in [0.29, 0.717) is 14.9 Å². The van der Waals surface area contributed by atoms with Crippen molar-refractivity contribution in [1.82, 2.24) is 4.98 Å². The number of carboxylic acid groups (broad SMARTS) is 1. The maximum absolute atomic E-state index is 12.5. The first-order valence-electron chi connectivity index (χ1n) is 6.29. The fourth-order valence-electron chi connectivity index (χ4n) is 2.04. The van der Waals surface area contributed by atoms with Crippen LogP contribution in [0.1, 0.15) is 16.1 Å². The van der Waals surface area contributed by atoms with Crippen LogP contribution in [0.15, 0.2) is 47.5 Å². The number of amides is 1. The van der Waals surface area contributed by atoms with E-state index in [9.17, 15) is 14.7 Å². The van der Waals surface area contributed by atoms with Crippen molar-refractivity contribution in [2.45, 2.75) is 0 Å². The lowest BCUT2D eigenvalue weighted by atomic mass is 10.2. The molecule has 3 rings (SSSR count). The number of aromatic amines is 1. The van der Waals surface area contributed by atoms with Crippen molar-refractivity contribution in [1.29, 1.82) is 0 Å². The minimum Gasteiger partial charge on any atom is -0.545 e. The summed E-state index contributed by atoms with van der Waals surface area (Å²) >= 11 is 6.41. The SMILES string of the molecule is O=C([O-])c1cccc(N2C(=O)/C(=C/c3ccc[nH]3)SC2=S)c1. The van der Waals surface area contributed by atoms with Crippen molar-refractivity contribution in [2.75, 3.05) is 4.90 Å². The molecule has 110 valence electrons. The molecule has 1 aliphatic rings. The highest BCUT2D eigenvalue weighted by Gasteiger charge is 2.33. The summed E-state index contributed by atoms with van der Waals surface area (Å²) < 4.78 is 0.360. The zero-order valence-electron chi connectivity index (χ0n) is 11.1. The minimum atomic E-state index is -1.30. The Kier molecular flexibility index (Phi) is 3.82. The number of benzene rings is 1. The number of H-pyrrole nitrogens is 1. The van der Waals surface area contributed by atoms with Crippen LogP contribution in [0.4, 0.5) is 5.69 Å². The number of thioether (sulfide) groups is 1. The van der Waals surface area contributed by atoms with Gasteiger partial charge in [-0.15, -0.1) is 0 Å². The summed E-state index contributed by atoms with van der Waals surface area (Å²) in [6.07, 6.45) is 3.47. The normalized spacial score (nSPS) is 16.5. The quantitative estimate of drug-likeness (QED) is 0.686. The summed E-state index contributed by atoms with van der Waals surface area (Å²) in [6, 6.07) is 9.63. The maximum Gasteiger partial charge on any atom is 0.270 e. The van der Waals surface area contributed by atoms with Crippen LogP contribution in [-0.4, -0.2) is 21.2 Å². The molecule has 0 bridgehead atoms. The number of carbonyl (C=O) groups is 2. The number of carbonyl (C=O) groups excluding carboxylic acids is 2. The Morgan fingerprint density at radius 2 is 2.14 bits per heavy atom. The first kappa shape index (κ1) is 14.6. The lowest BCUT2D eigenvalue weighted by Gasteiger charge is -2.15. The Morgan fingerprint density at radius 3 is 2.82 bits per heavy atom. The van der Waals surface area contributed by atoms with Crippen molar-refractivity contribution in [3.05, 3.63) is 58.8 Å². The van der Waals surface area contributed by atoms with Gasteiger partial charge in [0.25, 0.3) is 5.91 Å². The van der Waals surface area contributed by atoms with Crippen molar-refractivity contribution in [2.24, 2.45) is 0 Å². The molecule has 2 aromatic rings. The molecule has 1 aliphatic heterocycles. The Labute approximate surface area is 135 Å². The van der Waals surface area contributed by atoms with Gasteiger partial charge in [-0.25, -0.2) is 0 Å². The van der Waals surface area contributed by atoms with E-state index >= 15 is 0 Å². The molecule has 0 spiro atoms. The maximum atomic E-state index is 12.5. The van der Waals surface area contributed by atoms with Gasteiger partial charge in [0, 0.05) is 11.9 Å². The fourth-order valence-corrected chi connectivity index (χ4v) is 3.33. The van der Waals surface area contributed by atoms with Gasteiger partial charge in [-0.3, -0.25) is 9.69 Å². The second kappa shape index (κ2) is 5.78. The minimum absolute atomic E-state index is 0.0000949. The smallest absolute Gasteiger partial charge is 0.270 e. The van der Waals surface area contributed by atoms with E-state index < -0.39 is 5.97 Å². The third-order valence-electron chi connectivity index (χ3n) is 3.04. The summed E-state index contributed by atoms with van der Waals surface area (Å²) in [7, 11) is 0. The summed E-state index contributed by atoms with van der Waals surface area (Å²) in [5.41, 5.74) is 1.21. The van der Waals surface area contributed by atoms with Gasteiger partial charge in [-0.2, -0.15) is 0 Å². The van der Waals surface area contributed by atoms with Crippen molar-refractivity contribution < 1.29 is 14.7 Å². The summed E-state index contributed by atoms with van der Waals surface area (Å²) in [4.78, 5) is 28.2. The third kappa shape index (κ3) is 2.68. The van der Waals surface area contributed by atoms with E-state index in [-0.39, 0.29) is 11.5 Å². The monoisotopic (exact) mass is 329 g/mol. The van der Waals surface area contributed by atoms with E-state index in [0.717, 1.165) is 5.69 Å². The molecule has 0 saturated carbocycles. The predicted molar refractivity (Wildman–Crippen MR) is 87.2 cm³/mol. The molecule has 1 aromatic carbocycles. The number of anilines is 1. The number of aromatic carboxylic acids is 1. The van der Waals surface area contributed by atoms with Gasteiger partial charge in [-0.05, 0) is 35.9 Å². The Morgan fingerprint density at radius 1 is 1.32 bits per heavy atom. The van der Waals surface area contributed by atoms with Gasteiger partial charge < -0.3 is 14.9 Å². The Bertz CT molecular complexity index is 797. The van der Waals surface area contributed by atoms with Gasteiger partial charge in [0.1, 0.15) is 0 Å². The summed E-state index contributed by atoms with van der Waals surface area (Å²) in [5.74, 6) is -1.57. The number of rotatable bonds is 3. The Balaban J connectivity index is 1.95. The lowest BCUT2D eigenvalue weighted by Crippen LogP contribution is -2.28. The first-order chi connectivity index (χ1) is 10.6. The highest BCUT2D eigenvalue weighted by molar-refractivity contribution is 8.27.